The average molecular weight is 404 g/mol. The predicted molar refractivity (Wildman–Crippen MR) is 110 cm³/mol. The van der Waals surface area contributed by atoms with Gasteiger partial charge in [-0.3, -0.25) is 4.79 Å². The molecule has 3 rings (SSSR count). The first-order valence-electron chi connectivity index (χ1n) is 9.11. The summed E-state index contributed by atoms with van der Waals surface area (Å²) in [5.74, 6) is 0.165. The molecule has 0 radical (unpaired) electrons. The molecule has 1 aliphatic heterocycles. The fourth-order valence-corrected chi connectivity index (χ4v) is 4.44. The maximum atomic E-state index is 13.1. The minimum atomic E-state index is -3.70. The molecular weight excluding hydrogens is 378 g/mol. The summed E-state index contributed by atoms with van der Waals surface area (Å²) in [4.78, 5) is 15.2. The molecule has 0 atom stereocenters. The van der Waals surface area contributed by atoms with Crippen molar-refractivity contribution in [2.75, 3.05) is 44.5 Å². The predicted octanol–water partition coefficient (Wildman–Crippen LogP) is 2.80. The lowest BCUT2D eigenvalue weighted by Gasteiger charge is -2.25. The van der Waals surface area contributed by atoms with Gasteiger partial charge >= 0.3 is 0 Å². The molecule has 2 aromatic carbocycles. The smallest absolute Gasteiger partial charge is 0.257 e. The van der Waals surface area contributed by atoms with Crippen LogP contribution in [0.1, 0.15) is 23.2 Å². The van der Waals surface area contributed by atoms with E-state index in [-0.39, 0.29) is 10.8 Å². The SMILES string of the molecule is COc1ccccc1NC(=O)c1cccc(S(=O)(=O)N(C)C)c1N1CCCC1. The molecule has 0 unspecified atom stereocenters. The quantitative estimate of drug-likeness (QED) is 0.802. The fraction of sp³-hybridized carbons (Fsp3) is 0.350. The molecule has 0 bridgehead atoms. The van der Waals surface area contributed by atoms with Crippen LogP contribution in [0.3, 0.4) is 0 Å². The maximum Gasteiger partial charge on any atom is 0.257 e. The van der Waals surface area contributed by atoms with Crippen molar-refractivity contribution in [3.8, 4) is 5.75 Å². The number of anilines is 2. The molecule has 1 aliphatic rings. The van der Waals surface area contributed by atoms with Gasteiger partial charge in [0.15, 0.2) is 0 Å². The summed E-state index contributed by atoms with van der Waals surface area (Å²) in [6, 6.07) is 11.9. The largest absolute Gasteiger partial charge is 0.495 e. The Kier molecular flexibility index (Phi) is 5.90. The highest BCUT2D eigenvalue weighted by atomic mass is 32.2. The first kappa shape index (κ1) is 20.2. The summed E-state index contributed by atoms with van der Waals surface area (Å²) >= 11 is 0. The highest BCUT2D eigenvalue weighted by molar-refractivity contribution is 7.89. The van der Waals surface area contributed by atoms with Crippen molar-refractivity contribution in [2.24, 2.45) is 0 Å². The van der Waals surface area contributed by atoms with Crippen molar-refractivity contribution in [1.82, 2.24) is 4.31 Å². The number of methoxy groups -OCH3 is 1. The number of benzene rings is 2. The van der Waals surface area contributed by atoms with Crippen LogP contribution in [0.15, 0.2) is 47.4 Å². The molecule has 0 aliphatic carbocycles. The van der Waals surface area contributed by atoms with E-state index in [0.717, 1.165) is 25.9 Å². The number of amides is 1. The maximum absolute atomic E-state index is 13.1. The van der Waals surface area contributed by atoms with E-state index >= 15 is 0 Å². The van der Waals surface area contributed by atoms with E-state index in [1.54, 1.807) is 36.4 Å². The minimum Gasteiger partial charge on any atom is -0.495 e. The lowest BCUT2D eigenvalue weighted by molar-refractivity contribution is 0.102. The Bertz CT molecular complexity index is 967. The van der Waals surface area contributed by atoms with Crippen LogP contribution in [-0.4, -0.2) is 52.9 Å². The number of rotatable bonds is 6. The van der Waals surface area contributed by atoms with Crippen molar-refractivity contribution in [1.29, 1.82) is 0 Å². The molecular formula is C20H25N3O4S. The Balaban J connectivity index is 2.08. The van der Waals surface area contributed by atoms with Gasteiger partial charge in [-0.05, 0) is 37.1 Å². The highest BCUT2D eigenvalue weighted by Gasteiger charge is 2.30. The number of ether oxygens (including phenoxy) is 1. The Morgan fingerprint density at radius 2 is 1.75 bits per heavy atom. The molecule has 2 aromatic rings. The average Bonchev–Trinajstić information content (AvgIpc) is 3.22. The minimum absolute atomic E-state index is 0.145. The van der Waals surface area contributed by atoms with E-state index in [2.05, 4.69) is 5.32 Å². The molecule has 1 N–H and O–H groups in total. The van der Waals surface area contributed by atoms with Crippen molar-refractivity contribution in [3.05, 3.63) is 48.0 Å². The standard InChI is InChI=1S/C20H25N3O4S/c1-22(2)28(25,26)18-12-8-9-15(19(18)23-13-6-7-14-23)20(24)21-16-10-4-5-11-17(16)27-3/h4-5,8-12H,6-7,13-14H2,1-3H3,(H,21,24). The van der Waals surface area contributed by atoms with E-state index in [4.69, 9.17) is 4.74 Å². The molecule has 1 heterocycles. The fourth-order valence-electron chi connectivity index (χ4n) is 3.31. The normalized spacial score (nSPS) is 14.4. The van der Waals surface area contributed by atoms with E-state index in [0.29, 0.717) is 22.7 Å². The summed E-state index contributed by atoms with van der Waals surface area (Å²) < 4.78 is 32.2. The topological polar surface area (TPSA) is 78.9 Å². The molecule has 0 aromatic heterocycles. The second-order valence-electron chi connectivity index (χ2n) is 6.79. The van der Waals surface area contributed by atoms with Crippen LogP contribution in [0.25, 0.3) is 0 Å². The number of carbonyl (C=O) groups is 1. The molecule has 0 saturated carbocycles. The van der Waals surface area contributed by atoms with E-state index in [1.807, 2.05) is 11.0 Å². The van der Waals surface area contributed by atoms with Crippen molar-refractivity contribution < 1.29 is 17.9 Å². The molecule has 28 heavy (non-hydrogen) atoms. The summed E-state index contributed by atoms with van der Waals surface area (Å²) in [6.07, 6.45) is 1.92. The van der Waals surface area contributed by atoms with Crippen LogP contribution in [-0.2, 0) is 10.0 Å². The van der Waals surface area contributed by atoms with Crippen LogP contribution in [0, 0.1) is 0 Å². The molecule has 1 amide bonds. The van der Waals surface area contributed by atoms with Crippen LogP contribution in [0.4, 0.5) is 11.4 Å². The van der Waals surface area contributed by atoms with Gasteiger partial charge in [-0.15, -0.1) is 0 Å². The number of nitrogens with one attached hydrogen (secondary N) is 1. The number of nitrogens with zero attached hydrogens (tertiary/aromatic N) is 2. The van der Waals surface area contributed by atoms with E-state index in [1.165, 1.54) is 25.5 Å². The zero-order valence-electron chi connectivity index (χ0n) is 16.3. The van der Waals surface area contributed by atoms with Crippen molar-refractivity contribution >= 4 is 27.3 Å². The van der Waals surface area contributed by atoms with Gasteiger partial charge in [-0.25, -0.2) is 12.7 Å². The summed E-state index contributed by atoms with van der Waals surface area (Å²) in [5.41, 5.74) is 1.32. The molecule has 7 nitrogen and oxygen atoms in total. The number of sulfonamides is 1. The number of hydrogen-bond donors (Lipinski definition) is 1. The Labute approximate surface area is 166 Å². The van der Waals surface area contributed by atoms with Gasteiger partial charge in [-0.2, -0.15) is 0 Å². The molecule has 8 heteroatoms. The van der Waals surface area contributed by atoms with E-state index < -0.39 is 10.0 Å². The first-order chi connectivity index (χ1) is 13.4. The molecule has 1 saturated heterocycles. The van der Waals surface area contributed by atoms with Gasteiger partial charge in [0, 0.05) is 27.2 Å². The zero-order chi connectivity index (χ0) is 20.3. The third-order valence-electron chi connectivity index (χ3n) is 4.78. The second-order valence-corrected chi connectivity index (χ2v) is 8.91. The lowest BCUT2D eigenvalue weighted by Crippen LogP contribution is -2.29. The third kappa shape index (κ3) is 3.83. The first-order valence-corrected chi connectivity index (χ1v) is 10.5. The summed E-state index contributed by atoms with van der Waals surface area (Å²) in [7, 11) is 0.814. The van der Waals surface area contributed by atoms with Gasteiger partial charge in [0.2, 0.25) is 10.0 Å². The summed E-state index contributed by atoms with van der Waals surface area (Å²) in [5, 5.41) is 2.85. The molecule has 0 spiro atoms. The van der Waals surface area contributed by atoms with Gasteiger partial charge < -0.3 is 15.0 Å². The van der Waals surface area contributed by atoms with Gasteiger partial charge in [0.25, 0.3) is 5.91 Å². The second kappa shape index (κ2) is 8.20. The number of hydrogen-bond acceptors (Lipinski definition) is 5. The monoisotopic (exact) mass is 403 g/mol. The number of carbonyl (C=O) groups excluding carboxylic acids is 1. The lowest BCUT2D eigenvalue weighted by atomic mass is 10.1. The van der Waals surface area contributed by atoms with Crippen LogP contribution < -0.4 is 15.0 Å². The zero-order valence-corrected chi connectivity index (χ0v) is 17.1. The van der Waals surface area contributed by atoms with Crippen molar-refractivity contribution in [2.45, 2.75) is 17.7 Å². The number of para-hydroxylation sites is 3. The Hall–Kier alpha value is -2.58. The van der Waals surface area contributed by atoms with Crippen LogP contribution in [0.5, 0.6) is 5.75 Å². The van der Waals surface area contributed by atoms with E-state index in [9.17, 15) is 13.2 Å². The molecule has 150 valence electrons. The summed E-state index contributed by atoms with van der Waals surface area (Å²) in [6.45, 7) is 1.43. The van der Waals surface area contributed by atoms with Gasteiger partial charge in [-0.1, -0.05) is 18.2 Å². The highest BCUT2D eigenvalue weighted by Crippen LogP contribution is 2.34. The van der Waals surface area contributed by atoms with Crippen LogP contribution >= 0.6 is 0 Å². The Morgan fingerprint density at radius 3 is 2.39 bits per heavy atom. The van der Waals surface area contributed by atoms with Gasteiger partial charge in [0.1, 0.15) is 10.6 Å². The van der Waals surface area contributed by atoms with Crippen LogP contribution in [0.2, 0.25) is 0 Å². The Morgan fingerprint density at radius 1 is 1.07 bits per heavy atom. The molecule has 1 fully saturated rings. The van der Waals surface area contributed by atoms with Gasteiger partial charge in [0.05, 0.1) is 24.0 Å². The van der Waals surface area contributed by atoms with Crippen molar-refractivity contribution in [3.63, 3.8) is 0 Å². The third-order valence-corrected chi connectivity index (χ3v) is 6.63.